The zero-order valence-corrected chi connectivity index (χ0v) is 10.8. The number of rotatable bonds is 2. The Morgan fingerprint density at radius 3 is 2.75 bits per heavy atom. The first-order valence-corrected chi connectivity index (χ1v) is 5.63. The lowest BCUT2D eigenvalue weighted by Gasteiger charge is -2.06. The number of carbonyl (C=O) groups is 1. The summed E-state index contributed by atoms with van der Waals surface area (Å²) in [5, 5.41) is 11.1. The van der Waals surface area contributed by atoms with E-state index in [9.17, 15) is 4.79 Å². The summed E-state index contributed by atoms with van der Waals surface area (Å²) >= 11 is 7.66. The molecule has 0 aromatic heterocycles. The highest BCUT2D eigenvalue weighted by atomic mass is 127. The molecule has 5 heteroatoms. The molecule has 0 saturated carbocycles. The van der Waals surface area contributed by atoms with Crippen LogP contribution in [0.3, 0.4) is 0 Å². The van der Waals surface area contributed by atoms with Crippen molar-refractivity contribution < 1.29 is 13.0 Å². The van der Waals surface area contributed by atoms with Crippen molar-refractivity contribution in [2.75, 3.05) is 0 Å². The van der Waals surface area contributed by atoms with E-state index in [1.807, 2.05) is 6.07 Å². The molecule has 0 bridgehead atoms. The van der Waals surface area contributed by atoms with Crippen LogP contribution in [0, 0.1) is 0 Å². The van der Waals surface area contributed by atoms with Gasteiger partial charge in [-0.1, -0.05) is 23.7 Å². The summed E-state index contributed by atoms with van der Waals surface area (Å²) in [6.45, 7) is 0. The fourth-order valence-corrected chi connectivity index (χ4v) is 2.10. The molecule has 82 valence electrons. The zero-order chi connectivity index (χ0) is 11.7. The van der Waals surface area contributed by atoms with Crippen LogP contribution in [0.2, 0.25) is 5.02 Å². The lowest BCUT2D eigenvalue weighted by Crippen LogP contribution is -1.98. The van der Waals surface area contributed by atoms with Crippen molar-refractivity contribution in [3.05, 3.63) is 40.9 Å². The van der Waals surface area contributed by atoms with E-state index in [0.717, 1.165) is 10.8 Å². The Labute approximate surface area is 111 Å². The van der Waals surface area contributed by atoms with Gasteiger partial charge >= 0.3 is 5.97 Å². The maximum absolute atomic E-state index is 11.0. The number of fused-ring (bicyclic) bond motifs is 1. The van der Waals surface area contributed by atoms with Gasteiger partial charge in [0.2, 0.25) is 0 Å². The van der Waals surface area contributed by atoms with E-state index < -0.39 is 5.97 Å². The lowest BCUT2D eigenvalue weighted by atomic mass is 10.1. The minimum atomic E-state index is -1.02. The Bertz CT molecular complexity index is 568. The Morgan fingerprint density at radius 2 is 2.12 bits per heavy atom. The fraction of sp³-hybridized carbons (Fsp3) is 0. The van der Waals surface area contributed by atoms with E-state index in [-0.39, 0.29) is 5.56 Å². The largest absolute Gasteiger partial charge is 0.478 e. The third kappa shape index (κ3) is 1.94. The van der Waals surface area contributed by atoms with Crippen molar-refractivity contribution in [1.29, 1.82) is 0 Å². The predicted molar refractivity (Wildman–Crippen MR) is 70.6 cm³/mol. The second kappa shape index (κ2) is 4.47. The van der Waals surface area contributed by atoms with Gasteiger partial charge in [0.25, 0.3) is 0 Å². The summed E-state index contributed by atoms with van der Waals surface area (Å²) in [4.78, 5) is 11.0. The molecule has 0 amide bonds. The summed E-state index contributed by atoms with van der Waals surface area (Å²) < 4.78 is 5.00. The summed E-state index contributed by atoms with van der Waals surface area (Å²) in [6, 6.07) is 8.53. The van der Waals surface area contributed by atoms with E-state index in [1.54, 1.807) is 47.3 Å². The van der Waals surface area contributed by atoms with Crippen molar-refractivity contribution in [2.24, 2.45) is 0 Å². The summed E-state index contributed by atoms with van der Waals surface area (Å²) in [5.74, 6) is -0.720. The molecule has 0 aliphatic heterocycles. The van der Waals surface area contributed by atoms with Gasteiger partial charge in [-0.2, -0.15) is 0 Å². The first-order chi connectivity index (χ1) is 7.63. The molecule has 2 aromatic rings. The minimum absolute atomic E-state index is 0.129. The van der Waals surface area contributed by atoms with Crippen LogP contribution in [-0.2, 0) is 0 Å². The highest BCUT2D eigenvalue weighted by Gasteiger charge is 2.13. The molecule has 0 heterocycles. The second-order valence-corrected chi connectivity index (χ2v) is 4.04. The number of benzene rings is 2. The standard InChI is InChI=1S/C11H6ClIO3/c12-9-3-1-2-6-4-8(11(14)15)10(16-13)5-7(6)9/h1-5H,(H,14,15). The summed E-state index contributed by atoms with van der Waals surface area (Å²) in [5.41, 5.74) is 0.129. The van der Waals surface area contributed by atoms with Gasteiger partial charge in [-0.05, 0) is 23.6 Å². The molecule has 0 aliphatic carbocycles. The zero-order valence-electron chi connectivity index (χ0n) is 7.91. The lowest BCUT2D eigenvalue weighted by molar-refractivity contribution is 0.0695. The first-order valence-electron chi connectivity index (χ1n) is 4.37. The van der Waals surface area contributed by atoms with Gasteiger partial charge in [-0.15, -0.1) is 0 Å². The van der Waals surface area contributed by atoms with Gasteiger partial charge in [0.15, 0.2) is 23.0 Å². The van der Waals surface area contributed by atoms with Gasteiger partial charge in [0, 0.05) is 10.4 Å². The van der Waals surface area contributed by atoms with Gasteiger partial charge < -0.3 is 8.17 Å². The maximum Gasteiger partial charge on any atom is 0.339 e. The smallest absolute Gasteiger partial charge is 0.339 e. The van der Waals surface area contributed by atoms with Crippen molar-refractivity contribution in [2.45, 2.75) is 0 Å². The van der Waals surface area contributed by atoms with Crippen molar-refractivity contribution in [3.63, 3.8) is 0 Å². The quantitative estimate of drug-likeness (QED) is 0.837. The average Bonchev–Trinajstić information content (AvgIpc) is 2.28. The topological polar surface area (TPSA) is 46.5 Å². The third-order valence-corrected chi connectivity index (χ3v) is 3.04. The van der Waals surface area contributed by atoms with Crippen LogP contribution in [0.4, 0.5) is 0 Å². The van der Waals surface area contributed by atoms with Gasteiger partial charge in [-0.3, -0.25) is 0 Å². The predicted octanol–water partition coefficient (Wildman–Crippen LogP) is 3.92. The molecular weight excluding hydrogens is 342 g/mol. The number of carboxylic acid groups (broad SMARTS) is 1. The molecule has 0 fully saturated rings. The number of hydrogen-bond donors (Lipinski definition) is 1. The monoisotopic (exact) mass is 348 g/mol. The van der Waals surface area contributed by atoms with E-state index in [4.69, 9.17) is 19.8 Å². The van der Waals surface area contributed by atoms with Crippen LogP contribution in [0.15, 0.2) is 30.3 Å². The van der Waals surface area contributed by atoms with Gasteiger partial charge in [0.1, 0.15) is 11.3 Å². The number of carboxylic acids is 1. The highest BCUT2D eigenvalue weighted by molar-refractivity contribution is 14.1. The number of aromatic carboxylic acids is 1. The summed E-state index contributed by atoms with van der Waals surface area (Å²) in [7, 11) is 0. The minimum Gasteiger partial charge on any atom is -0.478 e. The van der Waals surface area contributed by atoms with Gasteiger partial charge in [0.05, 0.1) is 0 Å². The molecule has 2 aromatic carbocycles. The van der Waals surface area contributed by atoms with Crippen LogP contribution < -0.4 is 3.07 Å². The van der Waals surface area contributed by atoms with Crippen molar-refractivity contribution in [3.8, 4) is 5.75 Å². The van der Waals surface area contributed by atoms with Crippen LogP contribution in [0.25, 0.3) is 10.8 Å². The molecule has 16 heavy (non-hydrogen) atoms. The summed E-state index contributed by atoms with van der Waals surface area (Å²) in [6.07, 6.45) is 0. The first kappa shape index (κ1) is 11.5. The van der Waals surface area contributed by atoms with Crippen molar-refractivity contribution in [1.82, 2.24) is 0 Å². The molecule has 0 unspecified atom stereocenters. The molecular formula is C11H6ClIO3. The molecule has 0 spiro atoms. The second-order valence-electron chi connectivity index (χ2n) is 3.19. The fourth-order valence-electron chi connectivity index (χ4n) is 1.50. The van der Waals surface area contributed by atoms with Crippen LogP contribution in [-0.4, -0.2) is 11.1 Å². The molecule has 1 N–H and O–H groups in total. The Hall–Kier alpha value is -1.01. The average molecular weight is 349 g/mol. The van der Waals surface area contributed by atoms with E-state index >= 15 is 0 Å². The molecule has 0 radical (unpaired) electrons. The Balaban J connectivity index is 2.80. The normalized spacial score (nSPS) is 10.4. The Morgan fingerprint density at radius 1 is 1.38 bits per heavy atom. The third-order valence-electron chi connectivity index (χ3n) is 2.24. The van der Waals surface area contributed by atoms with Crippen molar-refractivity contribution >= 4 is 51.3 Å². The van der Waals surface area contributed by atoms with Crippen LogP contribution >= 0.6 is 34.6 Å². The maximum atomic E-state index is 11.0. The molecule has 0 saturated heterocycles. The van der Waals surface area contributed by atoms with E-state index in [0.29, 0.717) is 10.8 Å². The molecule has 3 nitrogen and oxygen atoms in total. The Kier molecular flexibility index (Phi) is 3.20. The number of hydrogen-bond acceptors (Lipinski definition) is 2. The molecule has 2 rings (SSSR count). The number of halogens is 2. The molecule has 0 aliphatic rings. The van der Waals surface area contributed by atoms with Gasteiger partial charge in [-0.25, -0.2) is 4.79 Å². The SMILES string of the molecule is O=C(O)c1cc2cccc(Cl)c2cc1OI. The van der Waals surface area contributed by atoms with Crippen LogP contribution in [0.5, 0.6) is 5.75 Å². The van der Waals surface area contributed by atoms with E-state index in [1.165, 1.54) is 0 Å². The molecule has 0 atom stereocenters. The highest BCUT2D eigenvalue weighted by Crippen LogP contribution is 2.31. The van der Waals surface area contributed by atoms with Crippen LogP contribution in [0.1, 0.15) is 10.4 Å². The van der Waals surface area contributed by atoms with E-state index in [2.05, 4.69) is 0 Å².